The molecule has 2 N–H and O–H groups in total. The van der Waals surface area contributed by atoms with E-state index in [0.717, 1.165) is 53.0 Å². The van der Waals surface area contributed by atoms with Gasteiger partial charge >= 0.3 is 0 Å². The molecule has 152 valence electrons. The van der Waals surface area contributed by atoms with Gasteiger partial charge in [-0.2, -0.15) is 0 Å². The van der Waals surface area contributed by atoms with Gasteiger partial charge in [-0.3, -0.25) is 4.79 Å². The molecule has 0 aliphatic carbocycles. The highest BCUT2D eigenvalue weighted by Crippen LogP contribution is 2.33. The van der Waals surface area contributed by atoms with Gasteiger partial charge in [-0.05, 0) is 49.4 Å². The Balaban J connectivity index is 1.44. The third-order valence-corrected chi connectivity index (χ3v) is 6.48. The third kappa shape index (κ3) is 4.69. The van der Waals surface area contributed by atoms with Crippen LogP contribution in [0.2, 0.25) is 5.02 Å². The molecule has 0 radical (unpaired) electrons. The second kappa shape index (κ2) is 9.07. The topological polar surface area (TPSA) is 76.1 Å². The number of halogens is 1. The Morgan fingerprint density at radius 1 is 1.38 bits per heavy atom. The third-order valence-electron chi connectivity index (χ3n) is 5.04. The van der Waals surface area contributed by atoms with Crippen LogP contribution >= 0.6 is 22.9 Å². The van der Waals surface area contributed by atoms with Crippen molar-refractivity contribution in [1.29, 1.82) is 0 Å². The lowest BCUT2D eigenvalue weighted by Gasteiger charge is -2.12. The van der Waals surface area contributed by atoms with Crippen LogP contribution in [0.15, 0.2) is 30.6 Å². The minimum atomic E-state index is -0.0856. The maximum absolute atomic E-state index is 12.8. The maximum atomic E-state index is 12.8. The van der Waals surface area contributed by atoms with E-state index in [9.17, 15) is 4.79 Å². The summed E-state index contributed by atoms with van der Waals surface area (Å²) in [5.41, 5.74) is 2.00. The first-order valence-electron chi connectivity index (χ1n) is 9.74. The van der Waals surface area contributed by atoms with Crippen molar-refractivity contribution in [3.63, 3.8) is 0 Å². The average molecular weight is 431 g/mol. The standard InChI is InChI=1S/C21H23ClN4O2S/c1-13-17-19(24-11-16-6-3-9-28-16)25-12-26-21(17)29-18(13)20(27)23-8-7-14-4-2-5-15(22)10-14/h2,4-5,10,12,16H,3,6-9,11H2,1H3,(H,23,27)(H,24,25,26)/t16-/m1/s1. The molecule has 1 aliphatic rings. The Bertz CT molecular complexity index is 1020. The molecule has 8 heteroatoms. The summed E-state index contributed by atoms with van der Waals surface area (Å²) in [6.07, 6.45) is 4.64. The van der Waals surface area contributed by atoms with Crippen molar-refractivity contribution in [3.05, 3.63) is 51.6 Å². The van der Waals surface area contributed by atoms with Gasteiger partial charge in [0.05, 0.1) is 16.4 Å². The maximum Gasteiger partial charge on any atom is 0.261 e. The molecule has 1 atom stereocenters. The van der Waals surface area contributed by atoms with Crippen molar-refractivity contribution in [2.75, 3.05) is 25.0 Å². The van der Waals surface area contributed by atoms with Gasteiger partial charge in [0.25, 0.3) is 5.91 Å². The Kier molecular flexibility index (Phi) is 6.28. The minimum absolute atomic E-state index is 0.0856. The molecule has 29 heavy (non-hydrogen) atoms. The summed E-state index contributed by atoms with van der Waals surface area (Å²) in [5.74, 6) is 0.676. The van der Waals surface area contributed by atoms with E-state index in [4.69, 9.17) is 16.3 Å². The SMILES string of the molecule is Cc1c(C(=O)NCCc2cccc(Cl)c2)sc2ncnc(NC[C@H]3CCCO3)c12. The predicted octanol–water partition coefficient (Wildman–Crippen LogP) is 4.22. The summed E-state index contributed by atoms with van der Waals surface area (Å²) >= 11 is 7.42. The highest BCUT2D eigenvalue weighted by atomic mass is 35.5. The summed E-state index contributed by atoms with van der Waals surface area (Å²) in [5, 5.41) is 8.00. The fourth-order valence-corrected chi connectivity index (χ4v) is 4.81. The number of aryl methyl sites for hydroxylation is 1. The van der Waals surface area contributed by atoms with Crippen molar-refractivity contribution in [3.8, 4) is 0 Å². The van der Waals surface area contributed by atoms with Crippen LogP contribution in [-0.2, 0) is 11.2 Å². The number of thiophene rings is 1. The van der Waals surface area contributed by atoms with Gasteiger partial charge in [0.2, 0.25) is 0 Å². The molecular formula is C21H23ClN4O2S. The number of nitrogens with one attached hydrogen (secondary N) is 2. The zero-order valence-electron chi connectivity index (χ0n) is 16.2. The van der Waals surface area contributed by atoms with Gasteiger partial charge in [0.1, 0.15) is 17.0 Å². The number of rotatable bonds is 7. The summed E-state index contributed by atoms with van der Waals surface area (Å²) in [6.45, 7) is 4.03. The van der Waals surface area contributed by atoms with E-state index >= 15 is 0 Å². The van der Waals surface area contributed by atoms with Crippen molar-refractivity contribution < 1.29 is 9.53 Å². The number of hydrogen-bond donors (Lipinski definition) is 2. The van der Waals surface area contributed by atoms with Gasteiger partial charge in [0, 0.05) is 24.7 Å². The summed E-state index contributed by atoms with van der Waals surface area (Å²) in [7, 11) is 0. The van der Waals surface area contributed by atoms with Crippen LogP contribution in [0.3, 0.4) is 0 Å². The lowest BCUT2D eigenvalue weighted by Crippen LogP contribution is -2.25. The highest BCUT2D eigenvalue weighted by Gasteiger charge is 2.20. The number of nitrogens with zero attached hydrogens (tertiary/aromatic N) is 2. The zero-order valence-corrected chi connectivity index (χ0v) is 17.8. The van der Waals surface area contributed by atoms with Crippen molar-refractivity contribution in [2.24, 2.45) is 0 Å². The Labute approximate surface area is 178 Å². The van der Waals surface area contributed by atoms with Crippen LogP contribution in [0.4, 0.5) is 5.82 Å². The zero-order chi connectivity index (χ0) is 20.2. The number of fused-ring (bicyclic) bond motifs is 1. The molecule has 1 amide bonds. The van der Waals surface area contributed by atoms with E-state index in [2.05, 4.69) is 20.6 Å². The van der Waals surface area contributed by atoms with Crippen LogP contribution in [0.1, 0.15) is 33.6 Å². The summed E-state index contributed by atoms with van der Waals surface area (Å²) in [6, 6.07) is 7.68. The smallest absolute Gasteiger partial charge is 0.261 e. The second-order valence-electron chi connectivity index (χ2n) is 7.11. The molecule has 0 spiro atoms. The normalized spacial score (nSPS) is 16.3. The predicted molar refractivity (Wildman–Crippen MR) is 117 cm³/mol. The van der Waals surface area contributed by atoms with Crippen LogP contribution in [0, 0.1) is 6.92 Å². The molecule has 0 saturated carbocycles. The Morgan fingerprint density at radius 3 is 3.07 bits per heavy atom. The molecule has 4 rings (SSSR count). The molecule has 1 saturated heterocycles. The fourth-order valence-electron chi connectivity index (χ4n) is 3.53. The minimum Gasteiger partial charge on any atom is -0.376 e. The molecule has 6 nitrogen and oxygen atoms in total. The van der Waals surface area contributed by atoms with Crippen LogP contribution < -0.4 is 10.6 Å². The number of anilines is 1. The molecule has 1 fully saturated rings. The number of aromatic nitrogens is 2. The number of carbonyl (C=O) groups excluding carboxylic acids is 1. The van der Waals surface area contributed by atoms with Crippen molar-refractivity contribution in [2.45, 2.75) is 32.3 Å². The molecule has 0 bridgehead atoms. The number of benzene rings is 1. The number of hydrogen-bond acceptors (Lipinski definition) is 6. The van der Waals surface area contributed by atoms with E-state index in [1.54, 1.807) is 0 Å². The van der Waals surface area contributed by atoms with Gasteiger partial charge < -0.3 is 15.4 Å². The van der Waals surface area contributed by atoms with Gasteiger partial charge in [-0.25, -0.2) is 9.97 Å². The van der Waals surface area contributed by atoms with Crippen LogP contribution in [0.25, 0.3) is 10.2 Å². The van der Waals surface area contributed by atoms with Gasteiger partial charge in [0.15, 0.2) is 0 Å². The largest absolute Gasteiger partial charge is 0.376 e. The first-order chi connectivity index (χ1) is 14.1. The van der Waals surface area contributed by atoms with Crippen LogP contribution in [0.5, 0.6) is 0 Å². The second-order valence-corrected chi connectivity index (χ2v) is 8.55. The van der Waals surface area contributed by atoms with Crippen LogP contribution in [-0.4, -0.2) is 41.7 Å². The molecule has 3 heterocycles. The lowest BCUT2D eigenvalue weighted by atomic mass is 10.1. The quantitative estimate of drug-likeness (QED) is 0.587. The molecule has 3 aromatic rings. The van der Waals surface area contributed by atoms with Crippen molar-refractivity contribution >= 4 is 44.9 Å². The van der Waals surface area contributed by atoms with E-state index in [1.807, 2.05) is 31.2 Å². The lowest BCUT2D eigenvalue weighted by molar-refractivity contribution is 0.0957. The van der Waals surface area contributed by atoms with Crippen molar-refractivity contribution in [1.82, 2.24) is 15.3 Å². The molecule has 2 aromatic heterocycles. The fraction of sp³-hybridized carbons (Fsp3) is 0.381. The highest BCUT2D eigenvalue weighted by molar-refractivity contribution is 7.20. The molecule has 0 unspecified atom stereocenters. The molecular weight excluding hydrogens is 408 g/mol. The van der Waals surface area contributed by atoms with E-state index in [1.165, 1.54) is 17.7 Å². The first kappa shape index (κ1) is 20.1. The van der Waals surface area contributed by atoms with E-state index in [-0.39, 0.29) is 12.0 Å². The number of amides is 1. The molecule has 1 aromatic carbocycles. The summed E-state index contributed by atoms with van der Waals surface area (Å²) < 4.78 is 5.67. The Hall–Kier alpha value is -2.22. The van der Waals surface area contributed by atoms with E-state index < -0.39 is 0 Å². The van der Waals surface area contributed by atoms with E-state index in [0.29, 0.717) is 23.0 Å². The number of carbonyl (C=O) groups is 1. The first-order valence-corrected chi connectivity index (χ1v) is 10.9. The number of ether oxygens (including phenoxy) is 1. The molecule has 1 aliphatic heterocycles. The monoisotopic (exact) mass is 430 g/mol. The Morgan fingerprint density at radius 2 is 2.28 bits per heavy atom. The van der Waals surface area contributed by atoms with Gasteiger partial charge in [-0.1, -0.05) is 23.7 Å². The van der Waals surface area contributed by atoms with Gasteiger partial charge in [-0.15, -0.1) is 11.3 Å². The summed E-state index contributed by atoms with van der Waals surface area (Å²) in [4.78, 5) is 23.0. The average Bonchev–Trinajstić information content (AvgIpc) is 3.35.